The summed E-state index contributed by atoms with van der Waals surface area (Å²) in [6.45, 7) is 0. The van der Waals surface area contributed by atoms with E-state index in [4.69, 9.17) is 23.2 Å². The van der Waals surface area contributed by atoms with Gasteiger partial charge in [-0.25, -0.2) is 4.98 Å². The van der Waals surface area contributed by atoms with Crippen molar-refractivity contribution < 1.29 is 0 Å². The highest BCUT2D eigenvalue weighted by atomic mass is 35.5. The number of nitrogens with one attached hydrogen (secondary N) is 1. The molecule has 1 aromatic heterocycles. The molecule has 1 radical (unpaired) electrons. The van der Waals surface area contributed by atoms with Gasteiger partial charge in [0.15, 0.2) is 12.2 Å². The van der Waals surface area contributed by atoms with Gasteiger partial charge in [0.25, 0.3) is 0 Å². The van der Waals surface area contributed by atoms with E-state index in [0.29, 0.717) is 21.4 Å². The lowest BCUT2D eigenvalue weighted by atomic mass is 10.2. The zero-order valence-electron chi connectivity index (χ0n) is 6.38. The summed E-state index contributed by atoms with van der Waals surface area (Å²) < 4.78 is 0. The Kier molecular flexibility index (Phi) is 2.20. The Bertz CT molecular complexity index is 411. The van der Waals surface area contributed by atoms with E-state index in [1.807, 2.05) is 0 Å². The second-order valence-corrected chi connectivity index (χ2v) is 3.16. The first-order chi connectivity index (χ1) is 6.29. The molecule has 2 aromatic rings. The molecular formula is C8H4Cl2N3. The molecule has 0 fully saturated rings. The Labute approximate surface area is 84.7 Å². The van der Waals surface area contributed by atoms with Crippen LogP contribution in [0.5, 0.6) is 0 Å². The molecule has 0 aliphatic rings. The average Bonchev–Trinajstić information content (AvgIpc) is 2.62. The second kappa shape index (κ2) is 3.36. The van der Waals surface area contributed by atoms with Crippen molar-refractivity contribution in [1.29, 1.82) is 0 Å². The van der Waals surface area contributed by atoms with Crippen LogP contribution >= 0.6 is 23.2 Å². The minimum atomic E-state index is 0.456. The molecule has 3 nitrogen and oxygen atoms in total. The summed E-state index contributed by atoms with van der Waals surface area (Å²) in [6.07, 6.45) is 2.49. The molecule has 0 aliphatic heterocycles. The van der Waals surface area contributed by atoms with Gasteiger partial charge >= 0.3 is 0 Å². The lowest BCUT2D eigenvalue weighted by Crippen LogP contribution is -1.82. The molecule has 0 unspecified atom stereocenters. The molecule has 13 heavy (non-hydrogen) atoms. The van der Waals surface area contributed by atoms with Crippen LogP contribution in [0.2, 0.25) is 10.0 Å². The van der Waals surface area contributed by atoms with Crippen molar-refractivity contribution in [3.8, 4) is 11.4 Å². The third-order valence-corrected chi connectivity index (χ3v) is 2.39. The molecule has 0 saturated heterocycles. The molecule has 0 saturated carbocycles. The minimum absolute atomic E-state index is 0.456. The quantitative estimate of drug-likeness (QED) is 0.790. The number of aromatic amines is 1. The third-order valence-electron chi connectivity index (χ3n) is 1.57. The van der Waals surface area contributed by atoms with Gasteiger partial charge in [-0.2, -0.15) is 5.10 Å². The van der Waals surface area contributed by atoms with Crippen LogP contribution in [-0.4, -0.2) is 15.2 Å². The number of hydrogen-bond acceptors (Lipinski definition) is 2. The van der Waals surface area contributed by atoms with Crippen molar-refractivity contribution in [3.63, 3.8) is 0 Å². The minimum Gasteiger partial charge on any atom is -0.256 e. The first-order valence-corrected chi connectivity index (χ1v) is 4.27. The van der Waals surface area contributed by atoms with Crippen LogP contribution in [0.25, 0.3) is 11.4 Å². The highest BCUT2D eigenvalue weighted by Gasteiger charge is 2.08. The first kappa shape index (κ1) is 8.53. The molecular weight excluding hydrogens is 209 g/mol. The van der Waals surface area contributed by atoms with E-state index in [0.717, 1.165) is 0 Å². The average molecular weight is 213 g/mol. The van der Waals surface area contributed by atoms with Crippen molar-refractivity contribution in [2.24, 2.45) is 0 Å². The van der Waals surface area contributed by atoms with Gasteiger partial charge in [0.05, 0.1) is 10.0 Å². The normalized spacial score (nSPS) is 10.3. The number of rotatable bonds is 1. The summed E-state index contributed by atoms with van der Waals surface area (Å²) in [5, 5.41) is 7.29. The number of halogens is 2. The van der Waals surface area contributed by atoms with Gasteiger partial charge in [0.2, 0.25) is 0 Å². The number of H-pyrrole nitrogens is 1. The molecule has 0 aliphatic carbocycles. The molecule has 65 valence electrons. The van der Waals surface area contributed by atoms with E-state index in [-0.39, 0.29) is 0 Å². The van der Waals surface area contributed by atoms with Crippen molar-refractivity contribution in [2.75, 3.05) is 0 Å². The third kappa shape index (κ3) is 1.53. The molecule has 1 N–H and O–H groups in total. The second-order valence-electron chi connectivity index (χ2n) is 2.37. The van der Waals surface area contributed by atoms with Crippen molar-refractivity contribution in [1.82, 2.24) is 15.2 Å². The van der Waals surface area contributed by atoms with Crippen LogP contribution in [0, 0.1) is 6.33 Å². The van der Waals surface area contributed by atoms with Gasteiger partial charge in [-0.15, -0.1) is 0 Å². The molecule has 5 heteroatoms. The maximum Gasteiger partial charge on any atom is 0.193 e. The van der Waals surface area contributed by atoms with Gasteiger partial charge in [-0.1, -0.05) is 29.3 Å². The maximum atomic E-state index is 5.94. The largest absolute Gasteiger partial charge is 0.256 e. The Morgan fingerprint density at radius 2 is 2.15 bits per heavy atom. The zero-order valence-corrected chi connectivity index (χ0v) is 7.89. The van der Waals surface area contributed by atoms with Crippen molar-refractivity contribution in [3.05, 3.63) is 34.6 Å². The van der Waals surface area contributed by atoms with Crippen LogP contribution in [0.4, 0.5) is 0 Å². The van der Waals surface area contributed by atoms with E-state index >= 15 is 0 Å². The van der Waals surface area contributed by atoms with Crippen LogP contribution in [-0.2, 0) is 0 Å². The predicted molar refractivity (Wildman–Crippen MR) is 50.7 cm³/mol. The molecule has 0 spiro atoms. The summed E-state index contributed by atoms with van der Waals surface area (Å²) in [7, 11) is 0. The van der Waals surface area contributed by atoms with E-state index in [2.05, 4.69) is 21.5 Å². The lowest BCUT2D eigenvalue weighted by molar-refractivity contribution is 1.09. The summed E-state index contributed by atoms with van der Waals surface area (Å²) in [6, 6.07) is 5.30. The molecule has 0 amide bonds. The van der Waals surface area contributed by atoms with Crippen molar-refractivity contribution >= 4 is 23.2 Å². The number of aromatic nitrogens is 3. The van der Waals surface area contributed by atoms with Gasteiger partial charge in [0, 0.05) is 5.56 Å². The Hall–Kier alpha value is -1.06. The first-order valence-electron chi connectivity index (χ1n) is 3.52. The zero-order chi connectivity index (χ0) is 9.26. The van der Waals surface area contributed by atoms with E-state index in [1.165, 1.54) is 0 Å². The van der Waals surface area contributed by atoms with Crippen LogP contribution in [0.3, 0.4) is 0 Å². The SMILES string of the molecule is Clc1cccc(-c2n[c][nH]n2)c1Cl. The van der Waals surface area contributed by atoms with Gasteiger partial charge < -0.3 is 0 Å². The van der Waals surface area contributed by atoms with Gasteiger partial charge in [-0.3, -0.25) is 5.10 Å². The van der Waals surface area contributed by atoms with E-state index < -0.39 is 0 Å². The van der Waals surface area contributed by atoms with Crippen LogP contribution in [0.15, 0.2) is 18.2 Å². The monoisotopic (exact) mass is 212 g/mol. The fourth-order valence-corrected chi connectivity index (χ4v) is 1.36. The molecule has 2 rings (SSSR count). The summed E-state index contributed by atoms with van der Waals surface area (Å²) in [5.41, 5.74) is 0.701. The van der Waals surface area contributed by atoms with E-state index in [9.17, 15) is 0 Å². The Morgan fingerprint density at radius 3 is 2.85 bits per heavy atom. The summed E-state index contributed by atoms with van der Waals surface area (Å²) in [4.78, 5) is 3.85. The number of hydrogen-bond donors (Lipinski definition) is 1. The standard InChI is InChI=1S/C8H4Cl2N3/c9-6-3-1-2-5(7(6)10)8-11-4-12-13-8/h1-3H,(H,11,12,13). The highest BCUT2D eigenvalue weighted by molar-refractivity contribution is 6.43. The topological polar surface area (TPSA) is 41.6 Å². The van der Waals surface area contributed by atoms with Gasteiger partial charge in [-0.05, 0) is 12.1 Å². The number of nitrogens with zero attached hydrogens (tertiary/aromatic N) is 2. The lowest BCUT2D eigenvalue weighted by Gasteiger charge is -1.99. The van der Waals surface area contributed by atoms with Crippen molar-refractivity contribution in [2.45, 2.75) is 0 Å². The molecule has 1 aromatic carbocycles. The van der Waals surface area contributed by atoms with Crippen LogP contribution in [0.1, 0.15) is 0 Å². The van der Waals surface area contributed by atoms with Crippen LogP contribution < -0.4 is 0 Å². The fraction of sp³-hybridized carbons (Fsp3) is 0. The molecule has 0 bridgehead atoms. The fourth-order valence-electron chi connectivity index (χ4n) is 0.978. The van der Waals surface area contributed by atoms with E-state index in [1.54, 1.807) is 18.2 Å². The smallest absolute Gasteiger partial charge is 0.193 e. The predicted octanol–water partition coefficient (Wildman–Crippen LogP) is 2.58. The number of benzene rings is 1. The highest BCUT2D eigenvalue weighted by Crippen LogP contribution is 2.30. The summed E-state index contributed by atoms with van der Waals surface area (Å²) in [5.74, 6) is 0.493. The maximum absolute atomic E-state index is 5.94. The Morgan fingerprint density at radius 1 is 1.31 bits per heavy atom. The summed E-state index contributed by atoms with van der Waals surface area (Å²) >= 11 is 11.8. The Balaban J connectivity index is 2.59. The van der Waals surface area contributed by atoms with Gasteiger partial charge in [0.1, 0.15) is 0 Å². The molecule has 1 heterocycles. The molecule has 0 atom stereocenters.